The largest absolute Gasteiger partial charge is 0.489 e. The summed E-state index contributed by atoms with van der Waals surface area (Å²) in [5, 5.41) is 9.84. The molecule has 28 heavy (non-hydrogen) atoms. The van der Waals surface area contributed by atoms with Gasteiger partial charge in [0.1, 0.15) is 12.4 Å². The van der Waals surface area contributed by atoms with E-state index in [1.165, 1.54) is 0 Å². The van der Waals surface area contributed by atoms with Crippen molar-refractivity contribution in [1.82, 2.24) is 0 Å². The Bertz CT molecular complexity index is 782. The van der Waals surface area contributed by atoms with Crippen LogP contribution in [-0.2, 0) is 16.1 Å². The molecule has 0 aliphatic carbocycles. The van der Waals surface area contributed by atoms with Gasteiger partial charge in [-0.25, -0.2) is 0 Å². The van der Waals surface area contributed by atoms with Crippen LogP contribution in [0.25, 0.3) is 6.08 Å². The van der Waals surface area contributed by atoms with E-state index in [-0.39, 0.29) is 23.7 Å². The first-order chi connectivity index (χ1) is 13.5. The van der Waals surface area contributed by atoms with E-state index in [0.29, 0.717) is 19.6 Å². The van der Waals surface area contributed by atoms with Crippen molar-refractivity contribution in [1.29, 1.82) is 0 Å². The maximum absolute atomic E-state index is 12.3. The maximum atomic E-state index is 12.3. The van der Waals surface area contributed by atoms with Crippen LogP contribution in [0.1, 0.15) is 31.4 Å². The third kappa shape index (κ3) is 5.54. The summed E-state index contributed by atoms with van der Waals surface area (Å²) in [5.74, 6) is 1.12. The molecule has 148 valence electrons. The van der Waals surface area contributed by atoms with E-state index < -0.39 is 6.10 Å². The summed E-state index contributed by atoms with van der Waals surface area (Å²) in [7, 11) is 0. The molecule has 1 aliphatic rings. The molecular weight excluding hydrogens is 352 g/mol. The lowest BCUT2D eigenvalue weighted by Gasteiger charge is -2.37. The monoisotopic (exact) mass is 380 g/mol. The standard InChI is InChI=1S/C24H28O4/c1-17-18(2)24(28-16-23(17)26)14-21(25)11-8-19-9-12-22(13-10-19)27-15-20-6-4-3-5-7-20/h3-13,17-18,23-24,26H,14-16H2,1-2H3/b11-8+/t17-,18-,23-,24?/m1/s1. The van der Waals surface area contributed by atoms with Gasteiger partial charge in [0, 0.05) is 6.42 Å². The van der Waals surface area contributed by atoms with E-state index in [2.05, 4.69) is 0 Å². The van der Waals surface area contributed by atoms with Crippen molar-refractivity contribution in [3.63, 3.8) is 0 Å². The van der Waals surface area contributed by atoms with Gasteiger partial charge in [-0.05, 0) is 41.2 Å². The fraction of sp³-hybridized carbons (Fsp3) is 0.375. The van der Waals surface area contributed by atoms with Gasteiger partial charge in [-0.15, -0.1) is 0 Å². The maximum Gasteiger partial charge on any atom is 0.158 e. The number of ketones is 1. The van der Waals surface area contributed by atoms with Gasteiger partial charge in [-0.1, -0.05) is 62.4 Å². The summed E-state index contributed by atoms with van der Waals surface area (Å²) in [4.78, 5) is 12.3. The normalized spacial score (nSPS) is 25.0. The highest BCUT2D eigenvalue weighted by atomic mass is 16.5. The number of aliphatic hydroxyl groups is 1. The Morgan fingerprint density at radius 3 is 2.54 bits per heavy atom. The smallest absolute Gasteiger partial charge is 0.158 e. The molecule has 4 nitrogen and oxygen atoms in total. The molecule has 1 fully saturated rings. The van der Waals surface area contributed by atoms with Crippen molar-refractivity contribution < 1.29 is 19.4 Å². The number of hydrogen-bond acceptors (Lipinski definition) is 4. The average molecular weight is 380 g/mol. The number of hydrogen-bond donors (Lipinski definition) is 1. The summed E-state index contributed by atoms with van der Waals surface area (Å²) < 4.78 is 11.4. The van der Waals surface area contributed by atoms with Crippen molar-refractivity contribution >= 4 is 11.9 Å². The Hall–Kier alpha value is -2.43. The first kappa shape index (κ1) is 20.3. The molecule has 2 aromatic rings. The SMILES string of the molecule is C[C@H]1[C@H](O)COC(CC(=O)/C=C/c2ccc(OCc3ccccc3)cc2)[C@@H]1C. The van der Waals surface area contributed by atoms with Gasteiger partial charge in [-0.3, -0.25) is 4.79 Å². The summed E-state index contributed by atoms with van der Waals surface area (Å²) in [6.07, 6.45) is 3.18. The zero-order valence-electron chi connectivity index (χ0n) is 16.5. The average Bonchev–Trinajstić information content (AvgIpc) is 2.73. The second-order valence-corrected chi connectivity index (χ2v) is 7.50. The molecule has 0 aromatic heterocycles. The molecule has 1 aliphatic heterocycles. The van der Waals surface area contributed by atoms with Gasteiger partial charge < -0.3 is 14.6 Å². The fourth-order valence-electron chi connectivity index (χ4n) is 3.33. The number of aliphatic hydroxyl groups excluding tert-OH is 1. The van der Waals surface area contributed by atoms with Crippen molar-refractivity contribution in [3.05, 3.63) is 71.8 Å². The Morgan fingerprint density at radius 1 is 1.11 bits per heavy atom. The number of allylic oxidation sites excluding steroid dienone is 1. The van der Waals surface area contributed by atoms with Gasteiger partial charge in [0.15, 0.2) is 5.78 Å². The Balaban J connectivity index is 1.49. The van der Waals surface area contributed by atoms with E-state index in [1.54, 1.807) is 6.08 Å². The first-order valence-corrected chi connectivity index (χ1v) is 9.80. The molecule has 2 aromatic carbocycles. The summed E-state index contributed by atoms with van der Waals surface area (Å²) in [5.41, 5.74) is 2.07. The molecule has 4 atom stereocenters. The number of rotatable bonds is 7. The van der Waals surface area contributed by atoms with E-state index in [9.17, 15) is 9.90 Å². The zero-order chi connectivity index (χ0) is 19.9. The highest BCUT2D eigenvalue weighted by Gasteiger charge is 2.34. The number of carbonyl (C=O) groups excluding carboxylic acids is 1. The van der Waals surface area contributed by atoms with Gasteiger partial charge in [0.25, 0.3) is 0 Å². The van der Waals surface area contributed by atoms with Crippen LogP contribution in [-0.4, -0.2) is 29.7 Å². The van der Waals surface area contributed by atoms with Crippen LogP contribution in [0.3, 0.4) is 0 Å². The van der Waals surface area contributed by atoms with Gasteiger partial charge in [-0.2, -0.15) is 0 Å². The highest BCUT2D eigenvalue weighted by molar-refractivity contribution is 5.93. The van der Waals surface area contributed by atoms with Crippen LogP contribution < -0.4 is 4.74 Å². The molecule has 0 saturated carbocycles. The molecule has 0 radical (unpaired) electrons. The Kier molecular flexibility index (Phi) is 7.01. The minimum atomic E-state index is -0.445. The van der Waals surface area contributed by atoms with Gasteiger partial charge >= 0.3 is 0 Å². The predicted octanol–water partition coefficient (Wildman–Crippen LogP) is 4.27. The Labute approximate surface area is 166 Å². The molecule has 1 heterocycles. The van der Waals surface area contributed by atoms with E-state index in [4.69, 9.17) is 9.47 Å². The molecular formula is C24H28O4. The topological polar surface area (TPSA) is 55.8 Å². The third-order valence-corrected chi connectivity index (χ3v) is 5.50. The zero-order valence-corrected chi connectivity index (χ0v) is 16.5. The summed E-state index contributed by atoms with van der Waals surface area (Å²) in [6.45, 7) is 4.87. The lowest BCUT2D eigenvalue weighted by Crippen LogP contribution is -2.43. The van der Waals surface area contributed by atoms with E-state index in [0.717, 1.165) is 16.9 Å². The summed E-state index contributed by atoms with van der Waals surface area (Å²) in [6, 6.07) is 17.7. The lowest BCUT2D eigenvalue weighted by atomic mass is 9.82. The molecule has 0 amide bonds. The number of benzene rings is 2. The molecule has 3 rings (SSSR count). The van der Waals surface area contributed by atoms with Crippen molar-refractivity contribution in [2.24, 2.45) is 11.8 Å². The van der Waals surface area contributed by atoms with Crippen LogP contribution in [0.4, 0.5) is 0 Å². The van der Waals surface area contributed by atoms with Crippen molar-refractivity contribution in [2.45, 2.75) is 39.1 Å². The molecule has 0 spiro atoms. The first-order valence-electron chi connectivity index (χ1n) is 9.80. The number of carbonyl (C=O) groups is 1. The van der Waals surface area contributed by atoms with Crippen LogP contribution in [0.2, 0.25) is 0 Å². The molecule has 1 N–H and O–H groups in total. The van der Waals surface area contributed by atoms with Crippen LogP contribution in [0.15, 0.2) is 60.7 Å². The molecule has 1 saturated heterocycles. The minimum absolute atomic E-state index is 0.0323. The second-order valence-electron chi connectivity index (χ2n) is 7.50. The lowest BCUT2D eigenvalue weighted by molar-refractivity contribution is -0.134. The van der Waals surface area contributed by atoms with Crippen LogP contribution in [0, 0.1) is 11.8 Å². The van der Waals surface area contributed by atoms with Crippen molar-refractivity contribution in [3.8, 4) is 5.75 Å². The molecule has 1 unspecified atom stereocenters. The van der Waals surface area contributed by atoms with Gasteiger partial charge in [0.05, 0.1) is 18.8 Å². The van der Waals surface area contributed by atoms with E-state index in [1.807, 2.05) is 74.5 Å². The van der Waals surface area contributed by atoms with Crippen LogP contribution in [0.5, 0.6) is 5.75 Å². The van der Waals surface area contributed by atoms with E-state index >= 15 is 0 Å². The van der Waals surface area contributed by atoms with Gasteiger partial charge in [0.2, 0.25) is 0 Å². The molecule has 4 heteroatoms. The quantitative estimate of drug-likeness (QED) is 0.729. The second kappa shape index (κ2) is 9.67. The third-order valence-electron chi connectivity index (χ3n) is 5.50. The number of ether oxygens (including phenoxy) is 2. The molecule has 0 bridgehead atoms. The predicted molar refractivity (Wildman–Crippen MR) is 110 cm³/mol. The minimum Gasteiger partial charge on any atom is -0.489 e. The summed E-state index contributed by atoms with van der Waals surface area (Å²) >= 11 is 0. The highest BCUT2D eigenvalue weighted by Crippen LogP contribution is 2.28. The van der Waals surface area contributed by atoms with Crippen molar-refractivity contribution in [2.75, 3.05) is 6.61 Å². The Morgan fingerprint density at radius 2 is 1.82 bits per heavy atom. The van der Waals surface area contributed by atoms with Crippen LogP contribution >= 0.6 is 0 Å². The fourth-order valence-corrected chi connectivity index (χ4v) is 3.33.